The number of thiophene rings is 1. The molecule has 3 rings (SSSR count). The number of rotatable bonds is 5. The van der Waals surface area contributed by atoms with E-state index in [9.17, 15) is 8.42 Å². The maximum absolute atomic E-state index is 12.7. The first kappa shape index (κ1) is 13.2. The fourth-order valence-electron chi connectivity index (χ4n) is 1.90. The van der Waals surface area contributed by atoms with Gasteiger partial charge in [-0.05, 0) is 31.9 Å². The van der Waals surface area contributed by atoms with Crippen LogP contribution in [0.15, 0.2) is 27.9 Å². The molecular weight excluding hydrogens is 300 g/mol. The second kappa shape index (κ2) is 4.97. The van der Waals surface area contributed by atoms with Gasteiger partial charge >= 0.3 is 0 Å². The van der Waals surface area contributed by atoms with Gasteiger partial charge in [-0.2, -0.15) is 4.31 Å². The van der Waals surface area contributed by atoms with Crippen molar-refractivity contribution in [3.63, 3.8) is 0 Å². The van der Waals surface area contributed by atoms with Crippen LogP contribution in [0.5, 0.6) is 0 Å². The fraction of sp³-hybridized carbons (Fsp3) is 0.417. The first-order chi connectivity index (χ1) is 9.07. The van der Waals surface area contributed by atoms with Gasteiger partial charge in [0.2, 0.25) is 0 Å². The number of nitrogens with zero attached hydrogens (tertiary/aromatic N) is 2. The summed E-state index contributed by atoms with van der Waals surface area (Å²) in [6.45, 7) is 2.31. The summed E-state index contributed by atoms with van der Waals surface area (Å²) in [5.41, 5.74) is 0. The highest BCUT2D eigenvalue weighted by Gasteiger charge is 2.39. The summed E-state index contributed by atoms with van der Waals surface area (Å²) in [6.07, 6.45) is 3.62. The smallest absolute Gasteiger partial charge is 0.248 e. The van der Waals surface area contributed by atoms with Gasteiger partial charge in [0.05, 0.1) is 6.54 Å². The molecule has 0 aromatic carbocycles. The molecule has 0 unspecified atom stereocenters. The summed E-state index contributed by atoms with van der Waals surface area (Å²) in [7, 11) is -3.37. The SMILES string of the molecule is Cc1ccc(S(=O)(=O)N(Cc2nccs2)C2CC2)s1. The summed E-state index contributed by atoms with van der Waals surface area (Å²) < 4.78 is 27.4. The lowest BCUT2D eigenvalue weighted by Gasteiger charge is -2.19. The lowest BCUT2D eigenvalue weighted by Crippen LogP contribution is -2.32. The minimum atomic E-state index is -3.37. The molecule has 0 spiro atoms. The quantitative estimate of drug-likeness (QED) is 0.852. The van der Waals surface area contributed by atoms with Gasteiger partial charge in [-0.15, -0.1) is 22.7 Å². The minimum Gasteiger partial charge on any atom is -0.248 e. The van der Waals surface area contributed by atoms with Crippen LogP contribution in [-0.2, 0) is 16.6 Å². The maximum atomic E-state index is 12.7. The molecular formula is C12H14N2O2S3. The summed E-state index contributed by atoms with van der Waals surface area (Å²) in [5, 5.41) is 2.73. The van der Waals surface area contributed by atoms with Crippen LogP contribution in [0.25, 0.3) is 0 Å². The van der Waals surface area contributed by atoms with Crippen molar-refractivity contribution in [1.82, 2.24) is 9.29 Å². The summed E-state index contributed by atoms with van der Waals surface area (Å²) in [4.78, 5) is 5.21. The molecule has 0 bridgehead atoms. The summed E-state index contributed by atoms with van der Waals surface area (Å²) >= 11 is 2.83. The van der Waals surface area contributed by atoms with E-state index in [0.29, 0.717) is 10.8 Å². The van der Waals surface area contributed by atoms with Crippen molar-refractivity contribution in [3.05, 3.63) is 33.6 Å². The number of hydrogen-bond donors (Lipinski definition) is 0. The van der Waals surface area contributed by atoms with Gasteiger partial charge in [0, 0.05) is 22.5 Å². The Hall–Kier alpha value is -0.760. The van der Waals surface area contributed by atoms with E-state index in [1.807, 2.05) is 18.4 Å². The van der Waals surface area contributed by atoms with Crippen molar-refractivity contribution in [3.8, 4) is 0 Å². The van der Waals surface area contributed by atoms with Gasteiger partial charge < -0.3 is 0 Å². The minimum absolute atomic E-state index is 0.149. The Morgan fingerprint density at radius 2 is 2.21 bits per heavy atom. The Balaban J connectivity index is 1.91. The van der Waals surface area contributed by atoms with Crippen LogP contribution in [0.1, 0.15) is 22.7 Å². The molecule has 1 fully saturated rings. The molecule has 2 aromatic heterocycles. The van der Waals surface area contributed by atoms with Crippen LogP contribution in [0.4, 0.5) is 0 Å². The van der Waals surface area contributed by atoms with E-state index in [2.05, 4.69) is 4.98 Å². The molecule has 102 valence electrons. The van der Waals surface area contributed by atoms with Gasteiger partial charge in [0.15, 0.2) is 0 Å². The summed E-state index contributed by atoms with van der Waals surface area (Å²) in [6, 6.07) is 3.70. The predicted octanol–water partition coefficient (Wildman–Crippen LogP) is 2.87. The molecule has 0 radical (unpaired) electrons. The van der Waals surface area contributed by atoms with Crippen molar-refractivity contribution in [2.24, 2.45) is 0 Å². The van der Waals surface area contributed by atoms with Crippen molar-refractivity contribution < 1.29 is 8.42 Å². The normalized spacial score (nSPS) is 16.1. The Bertz CT molecular complexity index is 657. The molecule has 2 aromatic rings. The van der Waals surface area contributed by atoms with E-state index in [0.717, 1.165) is 22.7 Å². The van der Waals surface area contributed by atoms with Crippen LogP contribution < -0.4 is 0 Å². The molecule has 4 nitrogen and oxygen atoms in total. The van der Waals surface area contributed by atoms with Crippen LogP contribution in [0.2, 0.25) is 0 Å². The van der Waals surface area contributed by atoms with E-state index < -0.39 is 10.0 Å². The van der Waals surface area contributed by atoms with Crippen LogP contribution in [-0.4, -0.2) is 23.7 Å². The molecule has 2 heterocycles. The van der Waals surface area contributed by atoms with Crippen LogP contribution in [0, 0.1) is 6.92 Å². The molecule has 0 amide bonds. The third kappa shape index (κ3) is 2.74. The van der Waals surface area contributed by atoms with E-state index in [1.54, 1.807) is 16.6 Å². The zero-order valence-corrected chi connectivity index (χ0v) is 12.9. The number of thiazole rings is 1. The number of sulfonamides is 1. The highest BCUT2D eigenvalue weighted by Crippen LogP contribution is 2.35. The lowest BCUT2D eigenvalue weighted by atomic mass is 10.5. The Kier molecular flexibility index (Phi) is 3.46. The van der Waals surface area contributed by atoms with E-state index in [1.165, 1.54) is 22.7 Å². The van der Waals surface area contributed by atoms with Gasteiger partial charge in [-0.25, -0.2) is 13.4 Å². The monoisotopic (exact) mass is 314 g/mol. The largest absolute Gasteiger partial charge is 0.253 e. The van der Waals surface area contributed by atoms with Crippen molar-refractivity contribution in [2.45, 2.75) is 36.6 Å². The molecule has 1 aliphatic rings. The third-order valence-electron chi connectivity index (χ3n) is 3.01. The highest BCUT2D eigenvalue weighted by atomic mass is 32.2. The Labute approximate surface area is 120 Å². The van der Waals surface area contributed by atoms with Gasteiger partial charge in [-0.3, -0.25) is 0 Å². The number of aromatic nitrogens is 1. The number of aryl methyl sites for hydroxylation is 1. The standard InChI is InChI=1S/C12H14N2O2S3/c1-9-2-5-12(18-9)19(15,16)14(10-3-4-10)8-11-13-6-7-17-11/h2,5-7,10H,3-4,8H2,1H3. The van der Waals surface area contributed by atoms with Gasteiger partial charge in [0.1, 0.15) is 9.22 Å². The fourth-order valence-corrected chi connectivity index (χ4v) is 5.66. The second-order valence-corrected chi connectivity index (χ2v) is 8.96. The molecule has 7 heteroatoms. The van der Waals surface area contributed by atoms with Crippen molar-refractivity contribution >= 4 is 32.7 Å². The predicted molar refractivity (Wildman–Crippen MR) is 76.9 cm³/mol. The average Bonchev–Trinajstić information content (AvgIpc) is 2.88. The van der Waals surface area contributed by atoms with Gasteiger partial charge in [0.25, 0.3) is 10.0 Å². The van der Waals surface area contributed by atoms with Crippen LogP contribution >= 0.6 is 22.7 Å². The Morgan fingerprint density at radius 1 is 1.42 bits per heavy atom. The zero-order valence-electron chi connectivity index (χ0n) is 10.4. The number of hydrogen-bond acceptors (Lipinski definition) is 5. The molecule has 0 saturated heterocycles. The summed E-state index contributed by atoms with van der Waals surface area (Å²) in [5.74, 6) is 0. The molecule has 0 N–H and O–H groups in total. The van der Waals surface area contributed by atoms with Crippen molar-refractivity contribution in [2.75, 3.05) is 0 Å². The molecule has 1 saturated carbocycles. The van der Waals surface area contributed by atoms with Crippen LogP contribution in [0.3, 0.4) is 0 Å². The molecule has 0 aliphatic heterocycles. The Morgan fingerprint density at radius 3 is 2.74 bits per heavy atom. The van der Waals surface area contributed by atoms with E-state index in [4.69, 9.17) is 0 Å². The van der Waals surface area contributed by atoms with E-state index in [-0.39, 0.29) is 6.04 Å². The first-order valence-electron chi connectivity index (χ1n) is 6.04. The topological polar surface area (TPSA) is 50.3 Å². The van der Waals surface area contributed by atoms with Crippen molar-refractivity contribution in [1.29, 1.82) is 0 Å². The second-order valence-electron chi connectivity index (χ2n) is 4.57. The lowest BCUT2D eigenvalue weighted by molar-refractivity contribution is 0.399. The maximum Gasteiger partial charge on any atom is 0.253 e. The zero-order chi connectivity index (χ0) is 13.5. The average molecular weight is 314 g/mol. The third-order valence-corrected chi connectivity index (χ3v) is 7.14. The van der Waals surface area contributed by atoms with E-state index >= 15 is 0 Å². The molecule has 0 atom stereocenters. The molecule has 1 aliphatic carbocycles. The highest BCUT2D eigenvalue weighted by molar-refractivity contribution is 7.91. The molecule has 19 heavy (non-hydrogen) atoms. The van der Waals surface area contributed by atoms with Gasteiger partial charge in [-0.1, -0.05) is 0 Å². The first-order valence-corrected chi connectivity index (χ1v) is 9.17.